The Balaban J connectivity index is 2.44. The Hall–Kier alpha value is -3.48. The van der Waals surface area contributed by atoms with Crippen LogP contribution >= 0.6 is 0 Å². The Morgan fingerprint density at radius 2 is 1.12 bits per heavy atom. The van der Waals surface area contributed by atoms with Gasteiger partial charge in [-0.2, -0.15) is 0 Å². The second-order valence-corrected chi connectivity index (χ2v) is 5.21. The van der Waals surface area contributed by atoms with Crippen LogP contribution in [0.3, 0.4) is 0 Å². The molecule has 2 aliphatic carbocycles. The normalized spacial score (nSPS) is 28.0. The monoisotopic (exact) mass is 354 g/mol. The molecule has 0 aromatic heterocycles. The van der Waals surface area contributed by atoms with Gasteiger partial charge >= 0.3 is 11.4 Å². The summed E-state index contributed by atoms with van der Waals surface area (Å²) in [7, 11) is 0. The topological polar surface area (TPSA) is 182 Å². The molecule has 2 rings (SSSR count). The summed E-state index contributed by atoms with van der Waals surface area (Å²) < 4.78 is 5.13. The Kier molecular flexibility index (Phi) is 4.43. The zero-order valence-electron chi connectivity index (χ0n) is 12.3. The Labute approximate surface area is 138 Å². The van der Waals surface area contributed by atoms with E-state index in [1.807, 2.05) is 0 Å². The minimum absolute atomic E-state index is 0.581. The minimum atomic E-state index is -2.60. The maximum Gasteiger partial charge on any atom is 0.360 e. The maximum absolute atomic E-state index is 11.5. The van der Waals surface area contributed by atoms with E-state index in [2.05, 4.69) is 0 Å². The SMILES string of the molecule is O=[N+]([O-])C1=CC=CC(OC2([N+](=O)[O-])C=CC=C([N+](=O)[O-])C2)([N+](=O)[O-])C1. The second-order valence-electron chi connectivity index (χ2n) is 5.21. The van der Waals surface area contributed by atoms with Crippen LogP contribution in [0.1, 0.15) is 12.8 Å². The van der Waals surface area contributed by atoms with Crippen LogP contribution < -0.4 is 0 Å². The summed E-state index contributed by atoms with van der Waals surface area (Å²) in [6.07, 6.45) is 3.90. The van der Waals surface area contributed by atoms with Gasteiger partial charge in [0.1, 0.15) is 12.8 Å². The molecular weight excluding hydrogens is 344 g/mol. The molecule has 0 fully saturated rings. The zero-order chi connectivity index (χ0) is 18.8. The molecular formula is C12H10N4O9. The van der Waals surface area contributed by atoms with Crippen molar-refractivity contribution in [2.75, 3.05) is 0 Å². The van der Waals surface area contributed by atoms with Crippen LogP contribution in [-0.2, 0) is 4.74 Å². The fourth-order valence-electron chi connectivity index (χ4n) is 2.40. The van der Waals surface area contributed by atoms with E-state index in [9.17, 15) is 40.5 Å². The van der Waals surface area contributed by atoms with Gasteiger partial charge in [-0.1, -0.05) is 0 Å². The standard InChI is InChI=1S/C12H10N4O9/c17-13(18)9-3-1-5-11(7-9,15(21)22)25-12(16(23)24)6-2-4-10(8-12)14(19)20/h1-6H,7-8H2. The van der Waals surface area contributed by atoms with Gasteiger partial charge in [0.15, 0.2) is 0 Å². The van der Waals surface area contributed by atoms with Gasteiger partial charge in [-0.25, -0.2) is 4.74 Å². The molecule has 0 bridgehead atoms. The molecule has 2 aliphatic rings. The summed E-state index contributed by atoms with van der Waals surface area (Å²) in [5.41, 5.74) is -6.37. The van der Waals surface area contributed by atoms with E-state index < -0.39 is 55.4 Å². The minimum Gasteiger partial charge on any atom is -0.261 e. The highest BCUT2D eigenvalue weighted by Crippen LogP contribution is 2.37. The fourth-order valence-corrected chi connectivity index (χ4v) is 2.40. The van der Waals surface area contributed by atoms with Gasteiger partial charge < -0.3 is 0 Å². The molecule has 2 atom stereocenters. The summed E-state index contributed by atoms with van der Waals surface area (Å²) in [6, 6.07) is 0. The molecule has 132 valence electrons. The molecule has 13 nitrogen and oxygen atoms in total. The lowest BCUT2D eigenvalue weighted by molar-refractivity contribution is -0.696. The third-order valence-corrected chi connectivity index (χ3v) is 3.60. The van der Waals surface area contributed by atoms with Gasteiger partial charge in [0.25, 0.3) is 11.4 Å². The lowest BCUT2D eigenvalue weighted by Gasteiger charge is -2.30. The van der Waals surface area contributed by atoms with Crippen molar-refractivity contribution in [1.82, 2.24) is 0 Å². The predicted molar refractivity (Wildman–Crippen MR) is 78.2 cm³/mol. The molecule has 0 aliphatic heterocycles. The first kappa shape index (κ1) is 17.9. The molecule has 25 heavy (non-hydrogen) atoms. The molecule has 0 saturated carbocycles. The van der Waals surface area contributed by atoms with E-state index in [1.165, 1.54) is 0 Å². The zero-order valence-corrected chi connectivity index (χ0v) is 12.3. The largest absolute Gasteiger partial charge is 0.360 e. The molecule has 0 saturated heterocycles. The van der Waals surface area contributed by atoms with Crippen molar-refractivity contribution in [3.8, 4) is 0 Å². The highest BCUT2D eigenvalue weighted by atomic mass is 16.7. The third kappa shape index (κ3) is 3.25. The van der Waals surface area contributed by atoms with Crippen molar-refractivity contribution >= 4 is 0 Å². The fraction of sp³-hybridized carbons (Fsp3) is 0.333. The van der Waals surface area contributed by atoms with Crippen molar-refractivity contribution in [3.63, 3.8) is 0 Å². The molecule has 0 N–H and O–H groups in total. The van der Waals surface area contributed by atoms with Crippen LogP contribution in [0, 0.1) is 40.5 Å². The quantitative estimate of drug-likeness (QED) is 0.384. The summed E-state index contributed by atoms with van der Waals surface area (Å²) in [5.74, 6) is 0. The molecule has 0 spiro atoms. The lowest BCUT2D eigenvalue weighted by atomic mass is 9.98. The van der Waals surface area contributed by atoms with Gasteiger partial charge in [-0.05, 0) is 12.2 Å². The van der Waals surface area contributed by atoms with Crippen LogP contribution in [0.5, 0.6) is 0 Å². The average molecular weight is 354 g/mol. The van der Waals surface area contributed by atoms with Gasteiger partial charge in [0, 0.05) is 24.3 Å². The summed E-state index contributed by atoms with van der Waals surface area (Å²) in [4.78, 5) is 40.9. The summed E-state index contributed by atoms with van der Waals surface area (Å²) in [5, 5.41) is 44.7. The van der Waals surface area contributed by atoms with Crippen LogP contribution in [-0.4, -0.2) is 31.1 Å². The molecule has 2 unspecified atom stereocenters. The number of hydrogen-bond donors (Lipinski definition) is 0. The number of nitrogens with zero attached hydrogens (tertiary/aromatic N) is 4. The van der Waals surface area contributed by atoms with Gasteiger partial charge in [0.05, 0.1) is 19.7 Å². The first-order chi connectivity index (χ1) is 11.6. The third-order valence-electron chi connectivity index (χ3n) is 3.60. The number of nitro groups is 4. The highest BCUT2D eigenvalue weighted by molar-refractivity contribution is 5.22. The van der Waals surface area contributed by atoms with Crippen molar-refractivity contribution < 1.29 is 24.4 Å². The van der Waals surface area contributed by atoms with Crippen molar-refractivity contribution in [3.05, 3.63) is 88.3 Å². The smallest absolute Gasteiger partial charge is 0.261 e. The number of hydrogen-bond acceptors (Lipinski definition) is 9. The predicted octanol–water partition coefficient (Wildman–Crippen LogP) is 1.19. The highest BCUT2D eigenvalue weighted by Gasteiger charge is 2.59. The maximum atomic E-state index is 11.5. The lowest BCUT2D eigenvalue weighted by Crippen LogP contribution is -2.53. The van der Waals surface area contributed by atoms with Crippen molar-refractivity contribution in [2.45, 2.75) is 24.3 Å². The molecule has 0 radical (unpaired) electrons. The number of rotatable bonds is 6. The van der Waals surface area contributed by atoms with Crippen LogP contribution in [0.15, 0.2) is 47.9 Å². The molecule has 0 aromatic rings. The van der Waals surface area contributed by atoms with Gasteiger partial charge in [-0.3, -0.25) is 40.5 Å². The molecule has 0 amide bonds. The second kappa shape index (κ2) is 6.20. The Bertz CT molecular complexity index is 719. The van der Waals surface area contributed by atoms with E-state index in [1.54, 1.807) is 0 Å². The van der Waals surface area contributed by atoms with E-state index >= 15 is 0 Å². The van der Waals surface area contributed by atoms with E-state index in [0.29, 0.717) is 0 Å². The Morgan fingerprint density at radius 1 is 0.760 bits per heavy atom. The first-order valence-corrected chi connectivity index (χ1v) is 6.67. The molecule has 0 aromatic carbocycles. The summed E-state index contributed by atoms with van der Waals surface area (Å²) in [6.45, 7) is 0. The average Bonchev–Trinajstić information content (AvgIpc) is 2.54. The Morgan fingerprint density at radius 3 is 1.40 bits per heavy atom. The van der Waals surface area contributed by atoms with Crippen molar-refractivity contribution in [2.24, 2.45) is 0 Å². The van der Waals surface area contributed by atoms with Crippen LogP contribution in [0.2, 0.25) is 0 Å². The molecule has 13 heteroatoms. The van der Waals surface area contributed by atoms with Gasteiger partial charge in [0.2, 0.25) is 0 Å². The van der Waals surface area contributed by atoms with Crippen molar-refractivity contribution in [1.29, 1.82) is 0 Å². The number of allylic oxidation sites excluding steroid dienone is 4. The van der Waals surface area contributed by atoms with E-state index in [-0.39, 0.29) is 0 Å². The van der Waals surface area contributed by atoms with Crippen LogP contribution in [0.4, 0.5) is 0 Å². The van der Waals surface area contributed by atoms with Crippen LogP contribution in [0.25, 0.3) is 0 Å². The summed E-state index contributed by atoms with van der Waals surface area (Å²) >= 11 is 0. The van der Waals surface area contributed by atoms with E-state index in [0.717, 1.165) is 36.5 Å². The first-order valence-electron chi connectivity index (χ1n) is 6.67. The molecule has 0 heterocycles. The number of ether oxygens (including phenoxy) is 1. The van der Waals surface area contributed by atoms with E-state index in [4.69, 9.17) is 4.74 Å². The van der Waals surface area contributed by atoms with Gasteiger partial charge in [-0.15, -0.1) is 0 Å².